The predicted octanol–water partition coefficient (Wildman–Crippen LogP) is 4.93. The fourth-order valence-electron chi connectivity index (χ4n) is 3.84. The van der Waals surface area contributed by atoms with Gasteiger partial charge in [-0.25, -0.2) is 4.99 Å². The predicted molar refractivity (Wildman–Crippen MR) is 118 cm³/mol. The van der Waals surface area contributed by atoms with Gasteiger partial charge >= 0.3 is 0 Å². The van der Waals surface area contributed by atoms with Crippen LogP contribution in [0.5, 0.6) is 0 Å². The first-order valence-electron chi connectivity index (χ1n) is 10.4. The normalized spacial score (nSPS) is 18.5. The maximum atomic E-state index is 8.29. The number of hydrogen-bond acceptors (Lipinski definition) is 5. The van der Waals surface area contributed by atoms with E-state index < -0.39 is 0 Å². The molecular formula is C23H32N4O. The highest BCUT2D eigenvalue weighted by Crippen LogP contribution is 2.26. The Morgan fingerprint density at radius 1 is 1.11 bits per heavy atom. The van der Waals surface area contributed by atoms with E-state index in [-0.39, 0.29) is 0 Å². The van der Waals surface area contributed by atoms with Gasteiger partial charge in [-0.05, 0) is 70.9 Å². The summed E-state index contributed by atoms with van der Waals surface area (Å²) in [6.07, 6.45) is 6.20. The molecule has 3 rings (SSSR count). The van der Waals surface area contributed by atoms with E-state index in [0.29, 0.717) is 24.1 Å². The fourth-order valence-corrected chi connectivity index (χ4v) is 3.84. The van der Waals surface area contributed by atoms with Gasteiger partial charge in [0.05, 0.1) is 29.4 Å². The zero-order valence-electron chi connectivity index (χ0n) is 17.5. The number of rotatable bonds is 7. The summed E-state index contributed by atoms with van der Waals surface area (Å²) in [7, 11) is 0. The summed E-state index contributed by atoms with van der Waals surface area (Å²) >= 11 is 0. The molecule has 1 aromatic carbocycles. The van der Waals surface area contributed by atoms with Crippen LogP contribution in [0.3, 0.4) is 0 Å². The van der Waals surface area contributed by atoms with Crippen LogP contribution >= 0.6 is 0 Å². The second-order valence-electron chi connectivity index (χ2n) is 7.47. The highest BCUT2D eigenvalue weighted by molar-refractivity contribution is 6.22. The third-order valence-electron chi connectivity index (χ3n) is 5.22. The maximum Gasteiger partial charge on any atom is 0.146 e. The summed E-state index contributed by atoms with van der Waals surface area (Å²) in [6.45, 7) is 12.1. The van der Waals surface area contributed by atoms with Gasteiger partial charge in [0, 0.05) is 37.4 Å². The van der Waals surface area contributed by atoms with Crippen LogP contribution in [0, 0.1) is 5.41 Å². The van der Waals surface area contributed by atoms with Gasteiger partial charge in [-0.2, -0.15) is 0 Å². The van der Waals surface area contributed by atoms with Crippen molar-refractivity contribution in [2.45, 2.75) is 46.6 Å². The molecule has 28 heavy (non-hydrogen) atoms. The Bertz CT molecular complexity index is 783. The van der Waals surface area contributed by atoms with Crippen molar-refractivity contribution in [3.8, 4) is 0 Å². The molecule has 5 heteroatoms. The molecule has 1 aliphatic heterocycles. The minimum absolute atomic E-state index is 0.425. The van der Waals surface area contributed by atoms with E-state index in [1.54, 1.807) is 0 Å². The van der Waals surface area contributed by atoms with E-state index in [9.17, 15) is 0 Å². The van der Waals surface area contributed by atoms with Gasteiger partial charge in [0.2, 0.25) is 0 Å². The highest BCUT2D eigenvalue weighted by atomic mass is 16.5. The van der Waals surface area contributed by atoms with Crippen molar-refractivity contribution in [1.29, 1.82) is 5.41 Å². The number of anilines is 1. The molecule has 1 N–H and O–H groups in total. The van der Waals surface area contributed by atoms with Gasteiger partial charge in [-0.15, -0.1) is 0 Å². The average molecular weight is 381 g/mol. The molecule has 150 valence electrons. The molecule has 0 bridgehead atoms. The number of nitrogens with zero attached hydrogens (tertiary/aromatic N) is 3. The van der Waals surface area contributed by atoms with Gasteiger partial charge in [0.25, 0.3) is 0 Å². The number of ether oxygens (including phenoxy) is 1. The smallest absolute Gasteiger partial charge is 0.146 e. The van der Waals surface area contributed by atoms with Crippen molar-refractivity contribution < 1.29 is 4.74 Å². The van der Waals surface area contributed by atoms with Gasteiger partial charge in [0.1, 0.15) is 5.76 Å². The Labute approximate surface area is 168 Å². The van der Waals surface area contributed by atoms with Crippen LogP contribution in [0.15, 0.2) is 52.9 Å². The Morgan fingerprint density at radius 3 is 2.36 bits per heavy atom. The summed E-state index contributed by atoms with van der Waals surface area (Å²) in [5.41, 5.74) is 4.48. The van der Waals surface area contributed by atoms with Crippen LogP contribution in [-0.2, 0) is 4.74 Å². The molecule has 0 saturated carbocycles. The van der Waals surface area contributed by atoms with E-state index in [2.05, 4.69) is 54.8 Å². The largest absolute Gasteiger partial charge is 0.492 e. The molecule has 0 unspecified atom stereocenters. The maximum absolute atomic E-state index is 8.29. The van der Waals surface area contributed by atoms with E-state index in [0.717, 1.165) is 36.7 Å². The molecule has 1 heterocycles. The highest BCUT2D eigenvalue weighted by Gasteiger charge is 2.24. The number of benzene rings is 1. The van der Waals surface area contributed by atoms with E-state index in [1.807, 2.05) is 19.1 Å². The standard InChI is InChI=1S/C23H32N4O/c1-5-27(17(3)4)19-11-9-18(10-12-19)25-21-16-23(28-6-2)20(24)15-22(21)26-13-7-8-14-26/h9-12,15-17,24H,5-8,13-14H2,1-4H3. The molecule has 0 aromatic heterocycles. The van der Waals surface area contributed by atoms with Gasteiger partial charge < -0.3 is 14.5 Å². The van der Waals surface area contributed by atoms with Crippen LogP contribution < -0.4 is 4.90 Å². The lowest BCUT2D eigenvalue weighted by molar-refractivity contribution is 0.249. The summed E-state index contributed by atoms with van der Waals surface area (Å²) in [5, 5.41) is 8.29. The molecule has 0 amide bonds. The van der Waals surface area contributed by atoms with Crippen LogP contribution in [0.25, 0.3) is 0 Å². The zero-order chi connectivity index (χ0) is 20.1. The first-order chi connectivity index (χ1) is 13.5. The van der Waals surface area contributed by atoms with Crippen molar-refractivity contribution >= 4 is 22.8 Å². The second kappa shape index (κ2) is 9.09. The Hall–Kier alpha value is -2.56. The molecule has 1 aliphatic carbocycles. The Kier molecular flexibility index (Phi) is 6.55. The van der Waals surface area contributed by atoms with E-state index in [4.69, 9.17) is 15.1 Å². The van der Waals surface area contributed by atoms with Crippen molar-refractivity contribution in [2.24, 2.45) is 4.99 Å². The molecule has 1 aromatic rings. The van der Waals surface area contributed by atoms with Crippen molar-refractivity contribution in [3.05, 3.63) is 47.9 Å². The second-order valence-corrected chi connectivity index (χ2v) is 7.47. The minimum Gasteiger partial charge on any atom is -0.492 e. The SMILES string of the molecule is CCOC1=CC(=Nc2ccc(N(CC)C(C)C)cc2)C(N2CCCC2)=CC1=N. The molecule has 0 spiro atoms. The van der Waals surface area contributed by atoms with E-state index >= 15 is 0 Å². The van der Waals surface area contributed by atoms with Crippen LogP contribution in [-0.4, -0.2) is 48.6 Å². The molecular weight excluding hydrogens is 348 g/mol. The van der Waals surface area contributed by atoms with Gasteiger partial charge in [0.15, 0.2) is 0 Å². The van der Waals surface area contributed by atoms with Crippen molar-refractivity contribution in [3.63, 3.8) is 0 Å². The summed E-state index contributed by atoms with van der Waals surface area (Å²) in [4.78, 5) is 9.61. The van der Waals surface area contributed by atoms with Crippen LogP contribution in [0.2, 0.25) is 0 Å². The molecule has 0 atom stereocenters. The van der Waals surface area contributed by atoms with Crippen molar-refractivity contribution in [1.82, 2.24) is 4.90 Å². The minimum atomic E-state index is 0.425. The number of aliphatic imine (C=N–C) groups is 1. The zero-order valence-corrected chi connectivity index (χ0v) is 17.5. The number of nitrogens with one attached hydrogen (secondary N) is 1. The fraction of sp³-hybridized carbons (Fsp3) is 0.478. The number of hydrogen-bond donors (Lipinski definition) is 1. The summed E-state index contributed by atoms with van der Waals surface area (Å²) in [5.74, 6) is 0.595. The first-order valence-corrected chi connectivity index (χ1v) is 10.4. The summed E-state index contributed by atoms with van der Waals surface area (Å²) in [6, 6.07) is 8.89. The lowest BCUT2D eigenvalue weighted by Gasteiger charge is -2.27. The Morgan fingerprint density at radius 2 is 1.79 bits per heavy atom. The number of allylic oxidation sites excluding steroid dienone is 2. The lowest BCUT2D eigenvalue weighted by atomic mass is 10.1. The van der Waals surface area contributed by atoms with Crippen LogP contribution in [0.1, 0.15) is 40.5 Å². The van der Waals surface area contributed by atoms with E-state index in [1.165, 1.54) is 18.5 Å². The topological polar surface area (TPSA) is 51.9 Å². The van der Waals surface area contributed by atoms with Gasteiger partial charge in [-0.3, -0.25) is 5.41 Å². The Balaban J connectivity index is 1.91. The molecule has 1 fully saturated rings. The molecule has 5 nitrogen and oxygen atoms in total. The quantitative estimate of drug-likeness (QED) is 0.683. The molecule has 2 aliphatic rings. The molecule has 0 radical (unpaired) electrons. The summed E-state index contributed by atoms with van der Waals surface area (Å²) < 4.78 is 5.65. The van der Waals surface area contributed by atoms with Gasteiger partial charge in [-0.1, -0.05) is 0 Å². The van der Waals surface area contributed by atoms with Crippen molar-refractivity contribution in [2.75, 3.05) is 31.1 Å². The third-order valence-corrected chi connectivity index (χ3v) is 5.22. The molecule has 1 saturated heterocycles. The first kappa shape index (κ1) is 20.2. The number of likely N-dealkylation sites (tertiary alicyclic amines) is 1. The monoisotopic (exact) mass is 380 g/mol. The third kappa shape index (κ3) is 4.46. The average Bonchev–Trinajstić information content (AvgIpc) is 3.20. The van der Waals surface area contributed by atoms with Crippen LogP contribution in [0.4, 0.5) is 11.4 Å². The lowest BCUT2D eigenvalue weighted by Crippen LogP contribution is -2.30.